The number of hydrogen-bond acceptors (Lipinski definition) is 6. The van der Waals surface area contributed by atoms with Crippen LogP contribution in [0.2, 0.25) is 0 Å². The van der Waals surface area contributed by atoms with Gasteiger partial charge in [-0.3, -0.25) is 0 Å². The van der Waals surface area contributed by atoms with Crippen molar-refractivity contribution in [3.05, 3.63) is 124 Å². The van der Waals surface area contributed by atoms with Crippen LogP contribution in [-0.2, 0) is 19.3 Å². The third-order valence-corrected chi connectivity index (χ3v) is 7.41. The van der Waals surface area contributed by atoms with E-state index in [4.69, 9.17) is 5.10 Å². The molecule has 0 atom stereocenters. The lowest BCUT2D eigenvalue weighted by atomic mass is 9.95. The highest BCUT2D eigenvalue weighted by atomic mass is 15.5. The quantitative estimate of drug-likeness (QED) is 0.274. The monoisotopic (exact) mass is 529 g/mol. The van der Waals surface area contributed by atoms with Gasteiger partial charge in [0.05, 0.1) is 53.7 Å². The van der Waals surface area contributed by atoms with Crippen LogP contribution >= 0.6 is 0 Å². The summed E-state index contributed by atoms with van der Waals surface area (Å²) in [6.45, 7) is 8.50. The summed E-state index contributed by atoms with van der Waals surface area (Å²) in [7, 11) is 0. The SMILES string of the molecule is Cc1cc(C)c(-n2ncc(Cc3ccc(-n4nccn4)c(C)c3)n2)cc1CCc1cccc(-n2nccn2)c1C. The van der Waals surface area contributed by atoms with E-state index in [1.165, 1.54) is 27.8 Å². The number of benzene rings is 3. The summed E-state index contributed by atoms with van der Waals surface area (Å²) in [5, 5.41) is 26.6. The van der Waals surface area contributed by atoms with Crippen molar-refractivity contribution in [2.75, 3.05) is 0 Å². The zero-order chi connectivity index (χ0) is 27.6. The molecule has 3 aromatic heterocycles. The van der Waals surface area contributed by atoms with Crippen LogP contribution in [0, 0.1) is 27.7 Å². The molecule has 0 saturated carbocycles. The smallest absolute Gasteiger partial charge is 0.0888 e. The van der Waals surface area contributed by atoms with Crippen molar-refractivity contribution >= 4 is 0 Å². The fourth-order valence-corrected chi connectivity index (χ4v) is 5.23. The Morgan fingerprint density at radius 3 is 1.98 bits per heavy atom. The second-order valence-electron chi connectivity index (χ2n) is 10.2. The van der Waals surface area contributed by atoms with Gasteiger partial charge in [-0.2, -0.15) is 45.0 Å². The summed E-state index contributed by atoms with van der Waals surface area (Å²) in [4.78, 5) is 5.08. The summed E-state index contributed by atoms with van der Waals surface area (Å²) >= 11 is 0. The van der Waals surface area contributed by atoms with Crippen molar-refractivity contribution in [2.45, 2.75) is 47.0 Å². The van der Waals surface area contributed by atoms with E-state index in [0.29, 0.717) is 6.42 Å². The average Bonchev–Trinajstić information content (AvgIpc) is 3.73. The molecule has 40 heavy (non-hydrogen) atoms. The number of aryl methyl sites for hydroxylation is 5. The third kappa shape index (κ3) is 5.05. The summed E-state index contributed by atoms with van der Waals surface area (Å²) in [5.41, 5.74) is 12.4. The average molecular weight is 530 g/mol. The number of nitrogens with zero attached hydrogens (tertiary/aromatic N) is 9. The van der Waals surface area contributed by atoms with Crippen molar-refractivity contribution < 1.29 is 0 Å². The largest absolute Gasteiger partial charge is 0.157 e. The molecule has 0 aliphatic rings. The van der Waals surface area contributed by atoms with E-state index >= 15 is 0 Å². The van der Waals surface area contributed by atoms with Crippen molar-refractivity contribution in [1.29, 1.82) is 0 Å². The molecule has 3 heterocycles. The molecule has 200 valence electrons. The second-order valence-corrected chi connectivity index (χ2v) is 10.2. The first-order chi connectivity index (χ1) is 19.5. The highest BCUT2D eigenvalue weighted by Gasteiger charge is 2.13. The van der Waals surface area contributed by atoms with Crippen molar-refractivity contribution in [3.63, 3.8) is 0 Å². The van der Waals surface area contributed by atoms with Gasteiger partial charge < -0.3 is 0 Å². The molecule has 0 fully saturated rings. The Morgan fingerprint density at radius 2 is 1.25 bits per heavy atom. The highest BCUT2D eigenvalue weighted by Crippen LogP contribution is 2.23. The van der Waals surface area contributed by atoms with Gasteiger partial charge in [-0.25, -0.2) is 0 Å². The molecule has 9 heteroatoms. The van der Waals surface area contributed by atoms with E-state index in [0.717, 1.165) is 46.7 Å². The molecule has 6 aromatic rings. The Kier molecular flexibility index (Phi) is 6.77. The lowest BCUT2D eigenvalue weighted by Crippen LogP contribution is -2.06. The first-order valence-corrected chi connectivity index (χ1v) is 13.4. The summed E-state index contributed by atoms with van der Waals surface area (Å²) in [6, 6.07) is 17.1. The van der Waals surface area contributed by atoms with Gasteiger partial charge in [0.1, 0.15) is 0 Å². The summed E-state index contributed by atoms with van der Waals surface area (Å²) in [6.07, 6.45) is 11.2. The molecule has 0 aliphatic heterocycles. The third-order valence-electron chi connectivity index (χ3n) is 7.41. The van der Waals surface area contributed by atoms with Gasteiger partial charge in [0.2, 0.25) is 0 Å². The fourth-order valence-electron chi connectivity index (χ4n) is 5.23. The maximum Gasteiger partial charge on any atom is 0.0888 e. The molecule has 0 saturated heterocycles. The zero-order valence-corrected chi connectivity index (χ0v) is 23.2. The van der Waals surface area contributed by atoms with Gasteiger partial charge in [0, 0.05) is 6.42 Å². The Labute approximate surface area is 233 Å². The fraction of sp³-hybridized carbons (Fsp3) is 0.226. The molecule has 0 aliphatic carbocycles. The number of aromatic nitrogens is 9. The molecular weight excluding hydrogens is 498 g/mol. The van der Waals surface area contributed by atoms with E-state index in [-0.39, 0.29) is 0 Å². The lowest BCUT2D eigenvalue weighted by Gasteiger charge is -2.14. The lowest BCUT2D eigenvalue weighted by molar-refractivity contribution is 0.733. The molecule has 0 spiro atoms. The molecule has 0 bridgehead atoms. The van der Waals surface area contributed by atoms with Gasteiger partial charge in [-0.15, -0.1) is 0 Å². The van der Waals surface area contributed by atoms with Gasteiger partial charge >= 0.3 is 0 Å². The van der Waals surface area contributed by atoms with Crippen LogP contribution in [0.15, 0.2) is 79.5 Å². The summed E-state index contributed by atoms with van der Waals surface area (Å²) < 4.78 is 0. The van der Waals surface area contributed by atoms with Crippen LogP contribution in [0.25, 0.3) is 17.1 Å². The van der Waals surface area contributed by atoms with Crippen molar-refractivity contribution in [1.82, 2.24) is 45.0 Å². The van der Waals surface area contributed by atoms with Crippen LogP contribution in [0.4, 0.5) is 0 Å². The van der Waals surface area contributed by atoms with Gasteiger partial charge in [-0.1, -0.05) is 30.3 Å². The Hall–Kier alpha value is -4.92. The molecule has 0 radical (unpaired) electrons. The molecule has 0 N–H and O–H groups in total. The van der Waals surface area contributed by atoms with E-state index in [1.807, 2.05) is 6.20 Å². The van der Waals surface area contributed by atoms with E-state index < -0.39 is 0 Å². The molecule has 0 amide bonds. The Bertz CT molecular complexity index is 1760. The Balaban J connectivity index is 1.20. The topological polar surface area (TPSA) is 92.1 Å². The zero-order valence-electron chi connectivity index (χ0n) is 23.2. The highest BCUT2D eigenvalue weighted by molar-refractivity contribution is 5.48. The normalized spacial score (nSPS) is 11.3. The predicted molar refractivity (Wildman–Crippen MR) is 153 cm³/mol. The summed E-state index contributed by atoms with van der Waals surface area (Å²) in [5.74, 6) is 0. The molecule has 3 aromatic carbocycles. The first-order valence-electron chi connectivity index (χ1n) is 13.4. The van der Waals surface area contributed by atoms with Crippen molar-refractivity contribution in [2.24, 2.45) is 0 Å². The van der Waals surface area contributed by atoms with Gasteiger partial charge in [0.25, 0.3) is 0 Å². The van der Waals surface area contributed by atoms with Crippen LogP contribution < -0.4 is 0 Å². The van der Waals surface area contributed by atoms with E-state index in [2.05, 4.69) is 102 Å². The molecular formula is C31H31N9. The molecule has 9 nitrogen and oxygen atoms in total. The maximum atomic E-state index is 4.84. The maximum absolute atomic E-state index is 4.84. The van der Waals surface area contributed by atoms with E-state index in [9.17, 15) is 0 Å². The first kappa shape index (κ1) is 25.4. The number of rotatable bonds is 8. The van der Waals surface area contributed by atoms with Crippen LogP contribution in [0.5, 0.6) is 0 Å². The number of hydrogen-bond donors (Lipinski definition) is 0. The van der Waals surface area contributed by atoms with E-state index in [1.54, 1.807) is 39.2 Å². The standard InChI is InChI=1S/C31H31N9/c1-21-16-22(2)31(19-27(21)10-9-26-6-5-7-30(24(26)4)39-34-14-15-35-39)40-36-20-28(37-40)18-25-8-11-29(23(3)17-25)38-32-12-13-33-38/h5-8,11-17,19-20H,9-10,18H2,1-4H3. The Morgan fingerprint density at radius 1 is 0.575 bits per heavy atom. The van der Waals surface area contributed by atoms with Crippen LogP contribution in [0.3, 0.4) is 0 Å². The molecule has 6 rings (SSSR count). The van der Waals surface area contributed by atoms with Crippen molar-refractivity contribution in [3.8, 4) is 17.1 Å². The minimum atomic E-state index is 0.701. The van der Waals surface area contributed by atoms with Gasteiger partial charge in [0.15, 0.2) is 0 Å². The minimum Gasteiger partial charge on any atom is -0.157 e. The second kappa shape index (κ2) is 10.7. The minimum absolute atomic E-state index is 0.701. The van der Waals surface area contributed by atoms with Gasteiger partial charge in [-0.05, 0) is 97.7 Å². The van der Waals surface area contributed by atoms with Crippen LogP contribution in [-0.4, -0.2) is 45.0 Å². The van der Waals surface area contributed by atoms with Crippen LogP contribution in [0.1, 0.15) is 44.6 Å². The predicted octanol–water partition coefficient (Wildman–Crippen LogP) is 5.04. The molecule has 0 unspecified atom stereocenters.